The Morgan fingerprint density at radius 1 is 1.39 bits per heavy atom. The standard InChI is InChI=1S/C11H18ClN3OS.H2S/c1-5-15(6-2)16-17-14(4)11-7-10(12)8-13-9(11)3;/h7-8H,5-6H2,1-4H3;1H2. The van der Waals surface area contributed by atoms with Crippen LogP contribution >= 0.6 is 37.3 Å². The molecule has 0 spiro atoms. The highest BCUT2D eigenvalue weighted by Gasteiger charge is 2.10. The highest BCUT2D eigenvalue weighted by molar-refractivity contribution is 7.96. The number of hydrogen-bond acceptors (Lipinski definition) is 5. The molecule has 0 aliphatic carbocycles. The first-order chi connectivity index (χ1) is 8.08. The molecule has 1 aromatic rings. The molecule has 1 aromatic heterocycles. The molecule has 0 bridgehead atoms. The van der Waals surface area contributed by atoms with Crippen LogP contribution in [-0.2, 0) is 4.28 Å². The number of aryl methyl sites for hydroxylation is 1. The van der Waals surface area contributed by atoms with Gasteiger partial charge in [0.1, 0.15) is 12.2 Å². The Balaban J connectivity index is 0.00000289. The summed E-state index contributed by atoms with van der Waals surface area (Å²) in [6.45, 7) is 7.75. The number of anilines is 1. The molecule has 0 saturated carbocycles. The summed E-state index contributed by atoms with van der Waals surface area (Å²) in [5.41, 5.74) is 1.88. The van der Waals surface area contributed by atoms with Gasteiger partial charge in [-0.3, -0.25) is 9.29 Å². The van der Waals surface area contributed by atoms with Crippen LogP contribution in [0.5, 0.6) is 0 Å². The molecule has 0 radical (unpaired) electrons. The third kappa shape index (κ3) is 5.24. The predicted molar refractivity (Wildman–Crippen MR) is 84.4 cm³/mol. The van der Waals surface area contributed by atoms with Gasteiger partial charge in [0.05, 0.1) is 16.4 Å². The monoisotopic (exact) mass is 309 g/mol. The maximum absolute atomic E-state index is 5.93. The van der Waals surface area contributed by atoms with E-state index in [2.05, 4.69) is 18.8 Å². The van der Waals surface area contributed by atoms with Crippen LogP contribution in [0.1, 0.15) is 19.5 Å². The van der Waals surface area contributed by atoms with Gasteiger partial charge in [-0.2, -0.15) is 18.6 Å². The van der Waals surface area contributed by atoms with Gasteiger partial charge in [-0.15, -0.1) is 0 Å². The second kappa shape index (κ2) is 8.87. The van der Waals surface area contributed by atoms with Crippen molar-refractivity contribution in [2.24, 2.45) is 0 Å². The van der Waals surface area contributed by atoms with Gasteiger partial charge in [0.25, 0.3) is 0 Å². The van der Waals surface area contributed by atoms with E-state index < -0.39 is 0 Å². The fraction of sp³-hybridized carbons (Fsp3) is 0.545. The lowest BCUT2D eigenvalue weighted by molar-refractivity contribution is -0.0266. The van der Waals surface area contributed by atoms with Gasteiger partial charge in [-0.05, 0) is 13.0 Å². The van der Waals surface area contributed by atoms with E-state index >= 15 is 0 Å². The van der Waals surface area contributed by atoms with E-state index in [0.717, 1.165) is 24.5 Å². The zero-order valence-electron chi connectivity index (χ0n) is 11.1. The number of hydroxylamine groups is 2. The first kappa shape index (κ1) is 17.9. The number of rotatable bonds is 6. The van der Waals surface area contributed by atoms with Crippen molar-refractivity contribution in [1.29, 1.82) is 0 Å². The molecule has 18 heavy (non-hydrogen) atoms. The number of pyridine rings is 1. The van der Waals surface area contributed by atoms with Gasteiger partial charge in [0.2, 0.25) is 0 Å². The Kier molecular flexibility index (Phi) is 8.81. The van der Waals surface area contributed by atoms with Gasteiger partial charge in [0.15, 0.2) is 0 Å². The van der Waals surface area contributed by atoms with Crippen LogP contribution in [0.4, 0.5) is 5.69 Å². The Morgan fingerprint density at radius 2 is 2.00 bits per heavy atom. The van der Waals surface area contributed by atoms with Crippen LogP contribution < -0.4 is 4.31 Å². The molecule has 1 heterocycles. The third-order valence-electron chi connectivity index (χ3n) is 2.32. The van der Waals surface area contributed by atoms with Gasteiger partial charge in [-0.25, -0.2) is 4.28 Å². The minimum Gasteiger partial charge on any atom is -0.293 e. The summed E-state index contributed by atoms with van der Waals surface area (Å²) in [5, 5.41) is 2.50. The first-order valence-electron chi connectivity index (χ1n) is 5.54. The Bertz CT molecular complexity index is 364. The molecular weight excluding hydrogens is 290 g/mol. The van der Waals surface area contributed by atoms with Crippen molar-refractivity contribution in [2.75, 3.05) is 24.4 Å². The maximum Gasteiger partial charge on any atom is 0.135 e. The van der Waals surface area contributed by atoms with Gasteiger partial charge in [-0.1, -0.05) is 25.4 Å². The van der Waals surface area contributed by atoms with E-state index in [-0.39, 0.29) is 13.5 Å². The molecule has 1 rings (SSSR count). The second-order valence-electron chi connectivity index (χ2n) is 3.52. The molecular formula is C11H20ClN3OS2. The van der Waals surface area contributed by atoms with Crippen molar-refractivity contribution in [1.82, 2.24) is 10.0 Å². The van der Waals surface area contributed by atoms with E-state index in [1.807, 2.05) is 29.4 Å². The van der Waals surface area contributed by atoms with Crippen LogP contribution in [0.25, 0.3) is 0 Å². The first-order valence-corrected chi connectivity index (χ1v) is 6.61. The van der Waals surface area contributed by atoms with Crippen molar-refractivity contribution in [2.45, 2.75) is 20.8 Å². The predicted octanol–water partition coefficient (Wildman–Crippen LogP) is 3.43. The Morgan fingerprint density at radius 3 is 2.56 bits per heavy atom. The molecule has 7 heteroatoms. The lowest BCUT2D eigenvalue weighted by atomic mass is 10.3. The Hall–Kier alpha value is -0.140. The topological polar surface area (TPSA) is 28.6 Å². The normalized spacial score (nSPS) is 10.3. The van der Waals surface area contributed by atoms with Gasteiger partial charge >= 0.3 is 0 Å². The van der Waals surface area contributed by atoms with Gasteiger partial charge < -0.3 is 0 Å². The minimum atomic E-state index is 0. The maximum atomic E-state index is 5.93. The fourth-order valence-corrected chi connectivity index (χ4v) is 2.10. The zero-order valence-corrected chi connectivity index (χ0v) is 13.7. The van der Waals surface area contributed by atoms with Crippen LogP contribution in [0.15, 0.2) is 12.3 Å². The van der Waals surface area contributed by atoms with E-state index in [1.54, 1.807) is 6.20 Å². The molecule has 0 aromatic carbocycles. The summed E-state index contributed by atoms with van der Waals surface area (Å²) in [5.74, 6) is 0. The molecule has 0 amide bonds. The highest BCUT2D eigenvalue weighted by atomic mass is 35.5. The van der Waals surface area contributed by atoms with E-state index in [0.29, 0.717) is 5.02 Å². The summed E-state index contributed by atoms with van der Waals surface area (Å²) in [6, 6.07) is 1.88. The summed E-state index contributed by atoms with van der Waals surface area (Å²) in [7, 11) is 1.93. The van der Waals surface area contributed by atoms with Crippen molar-refractivity contribution in [3.8, 4) is 0 Å². The summed E-state index contributed by atoms with van der Waals surface area (Å²) in [4.78, 5) is 4.21. The number of nitrogens with zero attached hydrogens (tertiary/aromatic N) is 3. The third-order valence-corrected chi connectivity index (χ3v) is 3.23. The average molecular weight is 310 g/mol. The minimum absolute atomic E-state index is 0. The molecule has 0 unspecified atom stereocenters. The molecule has 4 nitrogen and oxygen atoms in total. The Labute approximate surface area is 125 Å². The van der Waals surface area contributed by atoms with E-state index in [1.165, 1.54) is 12.2 Å². The SMILES string of the molecule is CCN(CC)OSN(C)c1cc(Cl)cnc1C.S. The molecule has 0 atom stereocenters. The van der Waals surface area contributed by atoms with Crippen molar-refractivity contribution in [3.05, 3.63) is 23.0 Å². The molecule has 0 fully saturated rings. The van der Waals surface area contributed by atoms with Crippen LogP contribution in [0.2, 0.25) is 5.02 Å². The molecule has 0 saturated heterocycles. The van der Waals surface area contributed by atoms with Gasteiger partial charge in [0, 0.05) is 26.3 Å². The number of hydrogen-bond donors (Lipinski definition) is 0. The van der Waals surface area contributed by atoms with Crippen molar-refractivity contribution in [3.63, 3.8) is 0 Å². The fourth-order valence-electron chi connectivity index (χ4n) is 1.28. The second-order valence-corrected chi connectivity index (χ2v) is 4.80. The van der Waals surface area contributed by atoms with E-state index in [4.69, 9.17) is 15.9 Å². The quantitative estimate of drug-likeness (QED) is 0.456. The number of halogens is 1. The zero-order chi connectivity index (χ0) is 12.8. The van der Waals surface area contributed by atoms with E-state index in [9.17, 15) is 0 Å². The largest absolute Gasteiger partial charge is 0.293 e. The molecule has 104 valence electrons. The lowest BCUT2D eigenvalue weighted by Gasteiger charge is -2.22. The summed E-state index contributed by atoms with van der Waals surface area (Å²) >= 11 is 7.20. The summed E-state index contributed by atoms with van der Waals surface area (Å²) < 4.78 is 7.47. The van der Waals surface area contributed by atoms with Crippen molar-refractivity contribution >= 4 is 43.0 Å². The number of aromatic nitrogens is 1. The average Bonchev–Trinajstić information content (AvgIpc) is 2.33. The van der Waals surface area contributed by atoms with Crippen LogP contribution in [0.3, 0.4) is 0 Å². The summed E-state index contributed by atoms with van der Waals surface area (Å²) in [6.07, 6.45) is 1.64. The lowest BCUT2D eigenvalue weighted by Crippen LogP contribution is -2.23. The molecule has 0 aliphatic rings. The van der Waals surface area contributed by atoms with Crippen LogP contribution in [0, 0.1) is 6.92 Å². The highest BCUT2D eigenvalue weighted by Crippen LogP contribution is 2.26. The van der Waals surface area contributed by atoms with Crippen molar-refractivity contribution < 1.29 is 4.28 Å². The smallest absolute Gasteiger partial charge is 0.135 e. The van der Waals surface area contributed by atoms with Crippen LogP contribution in [-0.4, -0.2) is 30.2 Å². The molecule has 0 aliphatic heterocycles. The molecule has 0 N–H and O–H groups in total.